The van der Waals surface area contributed by atoms with Crippen LogP contribution in [0.3, 0.4) is 0 Å². The quantitative estimate of drug-likeness (QED) is 0.199. The molecule has 0 rings (SSSR count). The highest BCUT2D eigenvalue weighted by Crippen LogP contribution is 2.09. The number of aliphatic carboxylic acids is 1. The molecule has 7 N–H and O–H groups in total. The Hall–Kier alpha value is -1.85. The molecular formula is C16H30N4O6S. The molecule has 0 heterocycles. The van der Waals surface area contributed by atoms with E-state index in [0.717, 1.165) is 0 Å². The van der Waals surface area contributed by atoms with E-state index in [9.17, 15) is 29.4 Å². The molecule has 0 bridgehead atoms. The van der Waals surface area contributed by atoms with Crippen LogP contribution in [-0.4, -0.2) is 69.9 Å². The van der Waals surface area contributed by atoms with Crippen LogP contribution in [0.15, 0.2) is 0 Å². The molecular weight excluding hydrogens is 376 g/mol. The molecule has 0 radical (unpaired) electrons. The number of hydrogen-bond acceptors (Lipinski definition) is 7. The Morgan fingerprint density at radius 3 is 1.85 bits per heavy atom. The fraction of sp³-hybridized carbons (Fsp3) is 0.750. The van der Waals surface area contributed by atoms with E-state index in [2.05, 4.69) is 28.6 Å². The van der Waals surface area contributed by atoms with Gasteiger partial charge in [-0.15, -0.1) is 0 Å². The zero-order valence-electron chi connectivity index (χ0n) is 15.9. The Kier molecular flexibility index (Phi) is 11.0. The summed E-state index contributed by atoms with van der Waals surface area (Å²) in [6.45, 7) is 6.16. The molecule has 10 nitrogen and oxygen atoms in total. The monoisotopic (exact) mass is 406 g/mol. The Labute approximate surface area is 164 Å². The van der Waals surface area contributed by atoms with Crippen molar-refractivity contribution in [3.8, 4) is 0 Å². The topological polar surface area (TPSA) is 171 Å². The molecule has 0 aliphatic rings. The van der Waals surface area contributed by atoms with Crippen LogP contribution in [-0.2, 0) is 19.2 Å². The van der Waals surface area contributed by atoms with Gasteiger partial charge in [0.15, 0.2) is 0 Å². The average molecular weight is 407 g/mol. The van der Waals surface area contributed by atoms with Gasteiger partial charge < -0.3 is 31.9 Å². The highest BCUT2D eigenvalue weighted by atomic mass is 32.1. The normalized spacial score (nSPS) is 17.6. The zero-order chi connectivity index (χ0) is 21.3. The van der Waals surface area contributed by atoms with Crippen LogP contribution >= 0.6 is 12.6 Å². The van der Waals surface area contributed by atoms with E-state index < -0.39 is 54.0 Å². The number of nitrogens with one attached hydrogen (secondary N) is 3. The molecule has 0 saturated carbocycles. The number of carboxylic acid groups (broad SMARTS) is 1. The van der Waals surface area contributed by atoms with Crippen LogP contribution < -0.4 is 21.7 Å². The van der Waals surface area contributed by atoms with Crippen LogP contribution in [0.1, 0.15) is 34.1 Å². The smallest absolute Gasteiger partial charge is 0.326 e. The third-order valence-corrected chi connectivity index (χ3v) is 4.43. The van der Waals surface area contributed by atoms with Gasteiger partial charge in [-0.25, -0.2) is 4.79 Å². The van der Waals surface area contributed by atoms with Crippen LogP contribution in [0.25, 0.3) is 0 Å². The van der Waals surface area contributed by atoms with Gasteiger partial charge in [-0.1, -0.05) is 20.3 Å². The Morgan fingerprint density at radius 2 is 1.48 bits per heavy atom. The summed E-state index contributed by atoms with van der Waals surface area (Å²) in [5.74, 6) is -3.82. The lowest BCUT2D eigenvalue weighted by atomic mass is 9.98. The van der Waals surface area contributed by atoms with Gasteiger partial charge in [0, 0.05) is 5.75 Å². The standard InChI is InChI=1S/C16H30N4O6S/c1-5-7(2)11(16(25)26)19-15(24)12(9(4)21)20-14(23)10(6-27)18-13(22)8(3)17/h7-12,21,27H,5-6,17H2,1-4H3,(H,18,22)(H,19,24)(H,20,23)(H,25,26). The summed E-state index contributed by atoms with van der Waals surface area (Å²) in [5, 5.41) is 26.1. The second-order valence-electron chi connectivity index (χ2n) is 6.47. The highest BCUT2D eigenvalue weighted by molar-refractivity contribution is 7.80. The lowest BCUT2D eigenvalue weighted by Gasteiger charge is -2.27. The van der Waals surface area contributed by atoms with Crippen molar-refractivity contribution < 1.29 is 29.4 Å². The molecule has 0 saturated heterocycles. The number of nitrogens with two attached hydrogens (primary N) is 1. The van der Waals surface area contributed by atoms with E-state index in [1.54, 1.807) is 13.8 Å². The summed E-state index contributed by atoms with van der Waals surface area (Å²) in [6, 6.07) is -4.49. The number of carboxylic acids is 1. The molecule has 6 atom stereocenters. The summed E-state index contributed by atoms with van der Waals surface area (Å²) >= 11 is 3.99. The van der Waals surface area contributed by atoms with Gasteiger partial charge in [-0.2, -0.15) is 12.6 Å². The highest BCUT2D eigenvalue weighted by Gasteiger charge is 2.33. The van der Waals surface area contributed by atoms with Crippen molar-refractivity contribution in [3.05, 3.63) is 0 Å². The van der Waals surface area contributed by atoms with E-state index in [1.165, 1.54) is 13.8 Å². The first-order valence-corrected chi connectivity index (χ1v) is 9.27. The third kappa shape index (κ3) is 8.14. The van der Waals surface area contributed by atoms with Crippen molar-refractivity contribution in [2.24, 2.45) is 11.7 Å². The molecule has 0 spiro atoms. The van der Waals surface area contributed by atoms with Gasteiger partial charge in [0.05, 0.1) is 12.1 Å². The first-order chi connectivity index (χ1) is 12.5. The predicted octanol–water partition coefficient (Wildman–Crippen LogP) is -1.77. The molecule has 0 aromatic heterocycles. The molecule has 0 aliphatic heterocycles. The van der Waals surface area contributed by atoms with Gasteiger partial charge in [0.2, 0.25) is 17.7 Å². The minimum atomic E-state index is -1.40. The lowest BCUT2D eigenvalue weighted by Crippen LogP contribution is -2.60. The SMILES string of the molecule is CCC(C)C(NC(=O)C(NC(=O)C(CS)NC(=O)C(C)N)C(C)O)C(=O)O. The number of aliphatic hydroxyl groups is 1. The summed E-state index contributed by atoms with van der Waals surface area (Å²) in [6.07, 6.45) is -0.793. The Bertz CT molecular complexity index is 543. The molecule has 0 aromatic rings. The van der Waals surface area contributed by atoms with E-state index in [-0.39, 0.29) is 11.7 Å². The number of carbonyl (C=O) groups is 4. The maximum Gasteiger partial charge on any atom is 0.326 e. The third-order valence-electron chi connectivity index (χ3n) is 4.07. The minimum absolute atomic E-state index is 0.0664. The maximum atomic E-state index is 12.4. The van der Waals surface area contributed by atoms with E-state index >= 15 is 0 Å². The van der Waals surface area contributed by atoms with Crippen molar-refractivity contribution in [1.82, 2.24) is 16.0 Å². The first-order valence-electron chi connectivity index (χ1n) is 8.64. The number of carbonyl (C=O) groups excluding carboxylic acids is 3. The Balaban J connectivity index is 5.20. The fourth-order valence-electron chi connectivity index (χ4n) is 2.08. The largest absolute Gasteiger partial charge is 0.480 e. The maximum absolute atomic E-state index is 12.4. The van der Waals surface area contributed by atoms with Crippen LogP contribution in [0.4, 0.5) is 0 Å². The molecule has 11 heteroatoms. The molecule has 0 fully saturated rings. The average Bonchev–Trinajstić information content (AvgIpc) is 2.59. The number of rotatable bonds is 11. The number of thiol groups is 1. The molecule has 156 valence electrons. The zero-order valence-corrected chi connectivity index (χ0v) is 16.8. The fourth-order valence-corrected chi connectivity index (χ4v) is 2.34. The van der Waals surface area contributed by atoms with E-state index in [1.807, 2.05) is 0 Å². The van der Waals surface area contributed by atoms with Crippen LogP contribution in [0, 0.1) is 5.92 Å². The van der Waals surface area contributed by atoms with Gasteiger partial charge in [0.25, 0.3) is 0 Å². The molecule has 0 aromatic carbocycles. The van der Waals surface area contributed by atoms with Gasteiger partial charge >= 0.3 is 5.97 Å². The van der Waals surface area contributed by atoms with E-state index in [4.69, 9.17) is 5.73 Å². The molecule has 27 heavy (non-hydrogen) atoms. The summed E-state index contributed by atoms with van der Waals surface area (Å²) in [5.41, 5.74) is 5.43. The second kappa shape index (κ2) is 11.8. The van der Waals surface area contributed by atoms with Crippen molar-refractivity contribution in [2.75, 3.05) is 5.75 Å². The van der Waals surface area contributed by atoms with Crippen molar-refractivity contribution in [2.45, 2.75) is 64.4 Å². The number of hydrogen-bond donors (Lipinski definition) is 7. The Morgan fingerprint density at radius 1 is 0.963 bits per heavy atom. The molecule has 3 amide bonds. The second-order valence-corrected chi connectivity index (χ2v) is 6.83. The van der Waals surface area contributed by atoms with Gasteiger partial charge in [-0.3, -0.25) is 14.4 Å². The predicted molar refractivity (Wildman–Crippen MR) is 102 cm³/mol. The summed E-state index contributed by atoms with van der Waals surface area (Å²) in [7, 11) is 0. The van der Waals surface area contributed by atoms with Gasteiger partial charge in [0.1, 0.15) is 18.1 Å². The molecule has 0 aliphatic carbocycles. The summed E-state index contributed by atoms with van der Waals surface area (Å²) < 4.78 is 0. The number of aliphatic hydroxyl groups excluding tert-OH is 1. The van der Waals surface area contributed by atoms with E-state index in [0.29, 0.717) is 6.42 Å². The van der Waals surface area contributed by atoms with Crippen molar-refractivity contribution in [1.29, 1.82) is 0 Å². The van der Waals surface area contributed by atoms with Crippen molar-refractivity contribution >= 4 is 36.3 Å². The summed E-state index contributed by atoms with van der Waals surface area (Å²) in [4.78, 5) is 47.8. The minimum Gasteiger partial charge on any atom is -0.480 e. The first kappa shape index (κ1) is 25.1. The lowest BCUT2D eigenvalue weighted by molar-refractivity contribution is -0.144. The molecule has 6 unspecified atom stereocenters. The van der Waals surface area contributed by atoms with Gasteiger partial charge in [-0.05, 0) is 19.8 Å². The number of amides is 3. The van der Waals surface area contributed by atoms with Crippen molar-refractivity contribution in [3.63, 3.8) is 0 Å². The van der Waals surface area contributed by atoms with Crippen LogP contribution in [0.2, 0.25) is 0 Å². The van der Waals surface area contributed by atoms with Crippen LogP contribution in [0.5, 0.6) is 0 Å².